The Morgan fingerprint density at radius 2 is 2.08 bits per heavy atom. The third-order valence-electron chi connectivity index (χ3n) is 4.55. The van der Waals surface area contributed by atoms with Gasteiger partial charge in [-0.3, -0.25) is 14.5 Å². The summed E-state index contributed by atoms with van der Waals surface area (Å²) in [7, 11) is 0. The maximum atomic E-state index is 12.8. The molecule has 0 aliphatic carbocycles. The lowest BCUT2D eigenvalue weighted by Crippen LogP contribution is -2.40. The van der Waals surface area contributed by atoms with Gasteiger partial charge in [-0.05, 0) is 37.1 Å². The van der Waals surface area contributed by atoms with Crippen LogP contribution < -0.4 is 10.1 Å². The maximum absolute atomic E-state index is 12.8. The average molecular weight is 331 g/mol. The number of likely N-dealkylation sites (N-methyl/N-ethyl adjacent to an activating group) is 1. The van der Waals surface area contributed by atoms with Gasteiger partial charge in [0.1, 0.15) is 5.75 Å². The standard InChI is InChI=1S/C18H25N3O3/c1-2-19-17(22)13-20-7-3-8-21(10-9-20)18(23)15-4-5-16-14(12-15)6-11-24-16/h4-5,12H,2-3,6-11,13H2,1H3,(H,19,22). The average Bonchev–Trinajstić information content (AvgIpc) is 2.92. The Morgan fingerprint density at radius 3 is 2.92 bits per heavy atom. The van der Waals surface area contributed by atoms with Crippen LogP contribution in [0.15, 0.2) is 18.2 Å². The molecule has 1 fully saturated rings. The van der Waals surface area contributed by atoms with Gasteiger partial charge in [0.25, 0.3) is 5.91 Å². The summed E-state index contributed by atoms with van der Waals surface area (Å²) in [6.07, 6.45) is 1.76. The molecule has 1 aromatic carbocycles. The second kappa shape index (κ2) is 7.66. The van der Waals surface area contributed by atoms with Crippen LogP contribution in [0.25, 0.3) is 0 Å². The van der Waals surface area contributed by atoms with Crippen molar-refractivity contribution in [2.75, 3.05) is 45.9 Å². The van der Waals surface area contributed by atoms with Gasteiger partial charge in [-0.15, -0.1) is 0 Å². The van der Waals surface area contributed by atoms with Crippen LogP contribution in [0.4, 0.5) is 0 Å². The smallest absolute Gasteiger partial charge is 0.253 e. The lowest BCUT2D eigenvalue weighted by Gasteiger charge is -2.22. The third kappa shape index (κ3) is 3.87. The van der Waals surface area contributed by atoms with Crippen LogP contribution in [0, 0.1) is 0 Å². The van der Waals surface area contributed by atoms with Crippen LogP contribution in [-0.2, 0) is 11.2 Å². The number of hydrogen-bond acceptors (Lipinski definition) is 4. The monoisotopic (exact) mass is 331 g/mol. The molecule has 6 nitrogen and oxygen atoms in total. The number of amides is 2. The first-order valence-electron chi connectivity index (χ1n) is 8.71. The van der Waals surface area contributed by atoms with Crippen LogP contribution in [0.5, 0.6) is 5.75 Å². The number of rotatable bonds is 4. The third-order valence-corrected chi connectivity index (χ3v) is 4.55. The van der Waals surface area contributed by atoms with Crippen molar-refractivity contribution in [1.82, 2.24) is 15.1 Å². The number of carbonyl (C=O) groups is 2. The first kappa shape index (κ1) is 16.8. The van der Waals surface area contributed by atoms with Gasteiger partial charge in [0.2, 0.25) is 5.91 Å². The molecule has 0 atom stereocenters. The van der Waals surface area contributed by atoms with Gasteiger partial charge in [-0.25, -0.2) is 0 Å². The number of carbonyl (C=O) groups excluding carboxylic acids is 2. The van der Waals surface area contributed by atoms with Gasteiger partial charge >= 0.3 is 0 Å². The number of nitrogens with one attached hydrogen (secondary N) is 1. The van der Waals surface area contributed by atoms with Crippen molar-refractivity contribution < 1.29 is 14.3 Å². The van der Waals surface area contributed by atoms with Crippen LogP contribution in [0.3, 0.4) is 0 Å². The lowest BCUT2D eigenvalue weighted by atomic mass is 10.1. The van der Waals surface area contributed by atoms with E-state index in [1.807, 2.05) is 30.0 Å². The van der Waals surface area contributed by atoms with Crippen LogP contribution in [0.2, 0.25) is 0 Å². The summed E-state index contributed by atoms with van der Waals surface area (Å²) in [5.74, 6) is 1.02. The Balaban J connectivity index is 1.59. The molecule has 0 unspecified atom stereocenters. The number of hydrogen-bond donors (Lipinski definition) is 1. The minimum absolute atomic E-state index is 0.0518. The number of benzene rings is 1. The Bertz CT molecular complexity index is 618. The molecule has 0 aromatic heterocycles. The molecule has 0 saturated carbocycles. The Kier molecular flexibility index (Phi) is 5.35. The second-order valence-electron chi connectivity index (χ2n) is 6.30. The molecule has 3 rings (SSSR count). The van der Waals surface area contributed by atoms with E-state index in [0.29, 0.717) is 26.2 Å². The molecule has 0 radical (unpaired) electrons. The van der Waals surface area contributed by atoms with Crippen molar-refractivity contribution in [3.8, 4) is 5.75 Å². The van der Waals surface area contributed by atoms with Crippen LogP contribution >= 0.6 is 0 Å². The summed E-state index contributed by atoms with van der Waals surface area (Å²) in [6.45, 7) is 6.65. The summed E-state index contributed by atoms with van der Waals surface area (Å²) in [5, 5.41) is 2.82. The van der Waals surface area contributed by atoms with Crippen LogP contribution in [0.1, 0.15) is 29.3 Å². The molecule has 1 saturated heterocycles. The number of nitrogens with zero attached hydrogens (tertiary/aromatic N) is 2. The van der Waals surface area contributed by atoms with Crippen LogP contribution in [-0.4, -0.2) is 67.5 Å². The minimum atomic E-state index is 0.0518. The Hall–Kier alpha value is -2.08. The summed E-state index contributed by atoms with van der Waals surface area (Å²) in [6, 6.07) is 5.71. The highest BCUT2D eigenvalue weighted by Gasteiger charge is 2.22. The predicted octanol–water partition coefficient (Wildman–Crippen LogP) is 0.906. The Labute approximate surface area is 142 Å². The fourth-order valence-corrected chi connectivity index (χ4v) is 3.29. The summed E-state index contributed by atoms with van der Waals surface area (Å²) >= 11 is 0. The number of fused-ring (bicyclic) bond motifs is 1. The lowest BCUT2D eigenvalue weighted by molar-refractivity contribution is -0.122. The van der Waals surface area contributed by atoms with E-state index in [1.165, 1.54) is 0 Å². The van der Waals surface area contributed by atoms with E-state index in [9.17, 15) is 9.59 Å². The molecule has 2 heterocycles. The van der Waals surface area contributed by atoms with E-state index in [-0.39, 0.29) is 11.8 Å². The highest BCUT2D eigenvalue weighted by atomic mass is 16.5. The zero-order chi connectivity index (χ0) is 16.9. The molecule has 1 aromatic rings. The molecular formula is C18H25N3O3. The SMILES string of the molecule is CCNC(=O)CN1CCCN(C(=O)c2ccc3c(c2)CCO3)CC1. The molecular weight excluding hydrogens is 306 g/mol. The van der Waals surface area contributed by atoms with Gasteiger partial charge in [-0.2, -0.15) is 0 Å². The maximum Gasteiger partial charge on any atom is 0.253 e. The quantitative estimate of drug-likeness (QED) is 0.891. The first-order chi connectivity index (χ1) is 11.7. The zero-order valence-electron chi connectivity index (χ0n) is 14.2. The highest BCUT2D eigenvalue weighted by Crippen LogP contribution is 2.26. The van der Waals surface area contributed by atoms with Crippen molar-refractivity contribution in [3.63, 3.8) is 0 Å². The van der Waals surface area contributed by atoms with E-state index in [2.05, 4.69) is 10.2 Å². The molecule has 1 N–H and O–H groups in total. The van der Waals surface area contributed by atoms with Crippen molar-refractivity contribution in [2.24, 2.45) is 0 Å². The van der Waals surface area contributed by atoms with Crippen molar-refractivity contribution in [3.05, 3.63) is 29.3 Å². The van der Waals surface area contributed by atoms with E-state index < -0.39 is 0 Å². The highest BCUT2D eigenvalue weighted by molar-refractivity contribution is 5.94. The van der Waals surface area contributed by atoms with E-state index in [0.717, 1.165) is 49.4 Å². The van der Waals surface area contributed by atoms with E-state index >= 15 is 0 Å². The summed E-state index contributed by atoms with van der Waals surface area (Å²) in [5.41, 5.74) is 1.85. The minimum Gasteiger partial charge on any atom is -0.493 e. The second-order valence-corrected chi connectivity index (χ2v) is 6.30. The van der Waals surface area contributed by atoms with Gasteiger partial charge in [0.05, 0.1) is 13.2 Å². The topological polar surface area (TPSA) is 61.9 Å². The molecule has 2 aliphatic rings. The predicted molar refractivity (Wildman–Crippen MR) is 91.3 cm³/mol. The molecule has 2 amide bonds. The first-order valence-corrected chi connectivity index (χ1v) is 8.71. The Morgan fingerprint density at radius 1 is 1.21 bits per heavy atom. The zero-order valence-corrected chi connectivity index (χ0v) is 14.2. The largest absolute Gasteiger partial charge is 0.493 e. The fraction of sp³-hybridized carbons (Fsp3) is 0.556. The summed E-state index contributed by atoms with van der Waals surface area (Å²) < 4.78 is 5.50. The molecule has 0 bridgehead atoms. The van der Waals surface area contributed by atoms with Gasteiger partial charge in [-0.1, -0.05) is 0 Å². The summed E-state index contributed by atoms with van der Waals surface area (Å²) in [4.78, 5) is 28.5. The molecule has 6 heteroatoms. The van der Waals surface area contributed by atoms with Gasteiger partial charge in [0.15, 0.2) is 0 Å². The van der Waals surface area contributed by atoms with Crippen molar-refractivity contribution >= 4 is 11.8 Å². The van der Waals surface area contributed by atoms with E-state index in [1.54, 1.807) is 0 Å². The normalized spacial score (nSPS) is 17.8. The van der Waals surface area contributed by atoms with Crippen molar-refractivity contribution in [1.29, 1.82) is 0 Å². The molecule has 2 aliphatic heterocycles. The molecule has 130 valence electrons. The van der Waals surface area contributed by atoms with Gasteiger partial charge < -0.3 is 15.0 Å². The van der Waals surface area contributed by atoms with Gasteiger partial charge in [0, 0.05) is 44.7 Å². The van der Waals surface area contributed by atoms with E-state index in [4.69, 9.17) is 4.74 Å². The molecule has 0 spiro atoms. The number of ether oxygens (including phenoxy) is 1. The molecule has 24 heavy (non-hydrogen) atoms. The fourth-order valence-electron chi connectivity index (χ4n) is 3.29. The van der Waals surface area contributed by atoms with Crippen molar-refractivity contribution in [2.45, 2.75) is 19.8 Å².